The zero-order valence-corrected chi connectivity index (χ0v) is 14.0. The lowest BCUT2D eigenvalue weighted by atomic mass is 9.98. The molecule has 1 aliphatic heterocycles. The van der Waals surface area contributed by atoms with Crippen LogP contribution >= 0.6 is 23.2 Å². The molecule has 0 aliphatic carbocycles. The fraction of sp³-hybridized carbons (Fsp3) is 0.312. The number of benzene rings is 1. The van der Waals surface area contributed by atoms with Crippen molar-refractivity contribution < 1.29 is 19.1 Å². The van der Waals surface area contributed by atoms with Crippen LogP contribution in [0.4, 0.5) is 0 Å². The number of halogens is 2. The van der Waals surface area contributed by atoms with E-state index in [1.165, 1.54) is 11.2 Å². The lowest BCUT2D eigenvalue weighted by Gasteiger charge is -2.29. The number of aliphatic carboxylic acids is 1. The second kappa shape index (κ2) is 6.83. The number of carboxylic acid groups (broad SMARTS) is 1. The van der Waals surface area contributed by atoms with Crippen LogP contribution in [0.2, 0.25) is 10.0 Å². The van der Waals surface area contributed by atoms with E-state index in [4.69, 9.17) is 32.7 Å². The van der Waals surface area contributed by atoms with Crippen LogP contribution in [-0.4, -0.2) is 40.0 Å². The molecule has 8 heteroatoms. The average Bonchev–Trinajstić information content (AvgIpc) is 3.06. The number of rotatable bonds is 3. The molecule has 1 aromatic heterocycles. The van der Waals surface area contributed by atoms with Gasteiger partial charge in [0.1, 0.15) is 6.26 Å². The number of hydrogen-bond acceptors (Lipinski definition) is 4. The SMILES string of the molecule is O=C(O)C1CCCN(C(=O)c2coc(-c3ccc(Cl)c(Cl)c3)n2)C1. The van der Waals surface area contributed by atoms with Gasteiger partial charge in [0.15, 0.2) is 5.69 Å². The first-order chi connectivity index (χ1) is 11.5. The van der Waals surface area contributed by atoms with Crippen molar-refractivity contribution in [2.24, 2.45) is 5.92 Å². The van der Waals surface area contributed by atoms with Crippen molar-refractivity contribution in [2.75, 3.05) is 13.1 Å². The molecule has 1 saturated heterocycles. The maximum atomic E-state index is 12.5. The highest BCUT2D eigenvalue weighted by molar-refractivity contribution is 6.42. The highest BCUT2D eigenvalue weighted by Gasteiger charge is 2.30. The van der Waals surface area contributed by atoms with Crippen molar-refractivity contribution in [3.05, 3.63) is 40.2 Å². The third-order valence-electron chi connectivity index (χ3n) is 3.95. The average molecular weight is 369 g/mol. The van der Waals surface area contributed by atoms with Crippen molar-refractivity contribution in [2.45, 2.75) is 12.8 Å². The second-order valence-corrected chi connectivity index (χ2v) is 6.41. The van der Waals surface area contributed by atoms with Crippen LogP contribution in [0.1, 0.15) is 23.3 Å². The molecule has 0 radical (unpaired) electrons. The van der Waals surface area contributed by atoms with E-state index in [2.05, 4.69) is 4.98 Å². The van der Waals surface area contributed by atoms with Crippen LogP contribution in [0.5, 0.6) is 0 Å². The monoisotopic (exact) mass is 368 g/mol. The van der Waals surface area contributed by atoms with Crippen LogP contribution in [0, 0.1) is 5.92 Å². The molecule has 126 valence electrons. The Balaban J connectivity index is 1.78. The molecule has 3 rings (SSSR count). The number of aromatic nitrogens is 1. The van der Waals surface area contributed by atoms with Gasteiger partial charge in [-0.25, -0.2) is 4.98 Å². The van der Waals surface area contributed by atoms with E-state index in [-0.39, 0.29) is 24.0 Å². The standard InChI is InChI=1S/C16H14Cl2N2O4/c17-11-4-3-9(6-12(11)18)14-19-13(8-24-14)15(21)20-5-1-2-10(7-20)16(22)23/h3-4,6,8,10H,1-2,5,7H2,(H,22,23). The first kappa shape index (κ1) is 16.8. The fourth-order valence-electron chi connectivity index (χ4n) is 2.66. The minimum atomic E-state index is -0.885. The Kier molecular flexibility index (Phi) is 4.78. The van der Waals surface area contributed by atoms with Crippen LogP contribution < -0.4 is 0 Å². The zero-order valence-electron chi connectivity index (χ0n) is 12.5. The van der Waals surface area contributed by atoms with E-state index >= 15 is 0 Å². The summed E-state index contributed by atoms with van der Waals surface area (Å²) in [7, 11) is 0. The van der Waals surface area contributed by atoms with E-state index in [0.29, 0.717) is 35.0 Å². The smallest absolute Gasteiger partial charge is 0.308 e. The third-order valence-corrected chi connectivity index (χ3v) is 4.69. The number of carbonyl (C=O) groups is 2. The van der Waals surface area contributed by atoms with E-state index in [1.54, 1.807) is 18.2 Å². The molecular weight excluding hydrogens is 355 g/mol. The quantitative estimate of drug-likeness (QED) is 0.894. The van der Waals surface area contributed by atoms with Gasteiger partial charge in [0.05, 0.1) is 16.0 Å². The van der Waals surface area contributed by atoms with Gasteiger partial charge in [-0.05, 0) is 31.0 Å². The molecular formula is C16H14Cl2N2O4. The summed E-state index contributed by atoms with van der Waals surface area (Å²) in [5, 5.41) is 9.89. The Morgan fingerprint density at radius 1 is 1.29 bits per heavy atom. The van der Waals surface area contributed by atoms with Crippen molar-refractivity contribution in [1.29, 1.82) is 0 Å². The fourth-order valence-corrected chi connectivity index (χ4v) is 2.96. The van der Waals surface area contributed by atoms with Crippen molar-refractivity contribution in [3.63, 3.8) is 0 Å². The summed E-state index contributed by atoms with van der Waals surface area (Å²) in [6, 6.07) is 4.91. The Morgan fingerprint density at radius 2 is 2.08 bits per heavy atom. The van der Waals surface area contributed by atoms with Crippen molar-refractivity contribution in [3.8, 4) is 11.5 Å². The van der Waals surface area contributed by atoms with Crippen LogP contribution in [0.25, 0.3) is 11.5 Å². The summed E-state index contributed by atoms with van der Waals surface area (Å²) in [6.45, 7) is 0.695. The molecule has 24 heavy (non-hydrogen) atoms. The molecule has 1 fully saturated rings. The van der Waals surface area contributed by atoms with Crippen LogP contribution in [-0.2, 0) is 4.79 Å². The van der Waals surface area contributed by atoms with Crippen LogP contribution in [0.3, 0.4) is 0 Å². The normalized spacial score (nSPS) is 17.8. The van der Waals surface area contributed by atoms with Gasteiger partial charge in [0.2, 0.25) is 5.89 Å². The minimum Gasteiger partial charge on any atom is -0.481 e. The molecule has 2 heterocycles. The molecule has 0 spiro atoms. The number of piperidine rings is 1. The van der Waals surface area contributed by atoms with E-state index in [9.17, 15) is 9.59 Å². The molecule has 0 saturated carbocycles. The molecule has 1 atom stereocenters. The largest absolute Gasteiger partial charge is 0.481 e. The zero-order chi connectivity index (χ0) is 17.3. The first-order valence-corrected chi connectivity index (χ1v) is 8.14. The topological polar surface area (TPSA) is 83.6 Å². The highest BCUT2D eigenvalue weighted by Crippen LogP contribution is 2.28. The lowest BCUT2D eigenvalue weighted by molar-refractivity contribution is -0.143. The highest BCUT2D eigenvalue weighted by atomic mass is 35.5. The van der Waals surface area contributed by atoms with Crippen molar-refractivity contribution >= 4 is 35.1 Å². The van der Waals surface area contributed by atoms with Gasteiger partial charge in [-0.3, -0.25) is 9.59 Å². The molecule has 1 amide bonds. The summed E-state index contributed by atoms with van der Waals surface area (Å²) in [4.78, 5) is 29.3. The number of likely N-dealkylation sites (tertiary alicyclic amines) is 1. The van der Waals surface area contributed by atoms with Gasteiger partial charge in [-0.1, -0.05) is 23.2 Å². The molecule has 1 aromatic carbocycles. The number of amides is 1. The van der Waals surface area contributed by atoms with Gasteiger partial charge in [0.25, 0.3) is 5.91 Å². The Morgan fingerprint density at radius 3 is 2.79 bits per heavy atom. The molecule has 6 nitrogen and oxygen atoms in total. The van der Waals surface area contributed by atoms with E-state index in [0.717, 1.165) is 0 Å². The Bertz CT molecular complexity index is 790. The summed E-state index contributed by atoms with van der Waals surface area (Å²) in [6.07, 6.45) is 2.50. The van der Waals surface area contributed by atoms with E-state index in [1.807, 2.05) is 0 Å². The number of carbonyl (C=O) groups excluding carboxylic acids is 1. The minimum absolute atomic E-state index is 0.141. The molecule has 0 bridgehead atoms. The maximum Gasteiger partial charge on any atom is 0.308 e. The first-order valence-electron chi connectivity index (χ1n) is 7.38. The number of hydrogen-bond donors (Lipinski definition) is 1. The van der Waals surface area contributed by atoms with Crippen LogP contribution in [0.15, 0.2) is 28.9 Å². The predicted octanol–water partition coefficient (Wildman–Crippen LogP) is 3.59. The van der Waals surface area contributed by atoms with Gasteiger partial charge in [0, 0.05) is 18.7 Å². The summed E-state index contributed by atoms with van der Waals surface area (Å²) in [5.74, 6) is -1.51. The molecule has 1 aliphatic rings. The van der Waals surface area contributed by atoms with Gasteiger partial charge in [-0.2, -0.15) is 0 Å². The summed E-state index contributed by atoms with van der Waals surface area (Å²) >= 11 is 11.8. The van der Waals surface area contributed by atoms with Gasteiger partial charge < -0.3 is 14.4 Å². The predicted molar refractivity (Wildman–Crippen MR) is 88.2 cm³/mol. The molecule has 2 aromatic rings. The summed E-state index contributed by atoms with van der Waals surface area (Å²) in [5.41, 5.74) is 0.743. The Labute approximate surface area is 148 Å². The van der Waals surface area contributed by atoms with Crippen molar-refractivity contribution in [1.82, 2.24) is 9.88 Å². The van der Waals surface area contributed by atoms with E-state index < -0.39 is 11.9 Å². The lowest BCUT2D eigenvalue weighted by Crippen LogP contribution is -2.42. The Hall–Kier alpha value is -2.05. The maximum absolute atomic E-state index is 12.5. The van der Waals surface area contributed by atoms with Gasteiger partial charge in [-0.15, -0.1) is 0 Å². The molecule has 1 unspecified atom stereocenters. The number of nitrogens with zero attached hydrogens (tertiary/aromatic N) is 2. The number of carboxylic acids is 1. The molecule has 1 N–H and O–H groups in total. The second-order valence-electron chi connectivity index (χ2n) is 5.60. The third kappa shape index (κ3) is 3.39. The van der Waals surface area contributed by atoms with Gasteiger partial charge >= 0.3 is 5.97 Å². The number of oxazole rings is 1. The summed E-state index contributed by atoms with van der Waals surface area (Å²) < 4.78 is 5.36.